The first kappa shape index (κ1) is 24.6. The molecule has 0 aliphatic rings. The van der Waals surface area contributed by atoms with Gasteiger partial charge >= 0.3 is 5.97 Å². The molecule has 0 radical (unpaired) electrons. The van der Waals surface area contributed by atoms with Gasteiger partial charge in [-0.1, -0.05) is 18.2 Å². The number of esters is 1. The van der Waals surface area contributed by atoms with E-state index in [9.17, 15) is 14.4 Å². The summed E-state index contributed by atoms with van der Waals surface area (Å²) in [6.07, 6.45) is 1.91. The van der Waals surface area contributed by atoms with Crippen LogP contribution in [0.15, 0.2) is 105 Å². The summed E-state index contributed by atoms with van der Waals surface area (Å²) in [6.45, 7) is 1.44. The van der Waals surface area contributed by atoms with Gasteiger partial charge in [-0.2, -0.15) is 0 Å². The lowest BCUT2D eigenvalue weighted by atomic mass is 10.1. The van der Waals surface area contributed by atoms with E-state index in [-0.39, 0.29) is 16.9 Å². The first-order valence-corrected chi connectivity index (χ1v) is 12.2. The summed E-state index contributed by atoms with van der Waals surface area (Å²) >= 11 is 0. The Labute approximate surface area is 226 Å². The van der Waals surface area contributed by atoms with E-state index < -0.39 is 18.0 Å². The maximum atomic E-state index is 12.9. The molecule has 0 fully saturated rings. The second-order valence-corrected chi connectivity index (χ2v) is 8.79. The molecule has 1 unspecified atom stereocenters. The quantitative estimate of drug-likeness (QED) is 0.277. The molecule has 1 amide bonds. The molecule has 11 nitrogen and oxygen atoms in total. The highest BCUT2D eigenvalue weighted by molar-refractivity contribution is 5.98. The predicted octanol–water partition coefficient (Wildman–Crippen LogP) is 4.81. The Morgan fingerprint density at radius 3 is 2.20 bits per heavy atom. The molecule has 0 spiro atoms. The number of H-pyrrole nitrogens is 1. The molecule has 2 N–H and O–H groups in total. The zero-order chi connectivity index (χ0) is 27.6. The standard InChI is InChI=1S/C29H21N5O6/c1-17(28(36)32-24-16-25(35)34(33-24)19-7-3-2-4-8-19)40-29(37)18-11-12-20-21(15-18)31-27(23-10-6-14-39-23)26(30-20)22-9-5-13-38-22/h2-17,33H,1H3,(H,32,36). The molecule has 0 bridgehead atoms. The minimum atomic E-state index is -1.15. The molecule has 6 rings (SSSR count). The lowest BCUT2D eigenvalue weighted by molar-refractivity contribution is -0.123. The number of amides is 1. The Kier molecular flexibility index (Phi) is 6.29. The van der Waals surface area contributed by atoms with Gasteiger partial charge in [-0.25, -0.2) is 19.4 Å². The van der Waals surface area contributed by atoms with Gasteiger partial charge in [0, 0.05) is 6.07 Å². The van der Waals surface area contributed by atoms with Gasteiger partial charge in [-0.15, -0.1) is 0 Å². The van der Waals surface area contributed by atoms with Gasteiger partial charge in [0.25, 0.3) is 11.5 Å². The number of fused-ring (bicyclic) bond motifs is 1. The molecule has 2 aromatic carbocycles. The molecule has 198 valence electrons. The zero-order valence-electron chi connectivity index (χ0n) is 21.0. The van der Waals surface area contributed by atoms with Crippen LogP contribution < -0.4 is 10.9 Å². The van der Waals surface area contributed by atoms with Crippen molar-refractivity contribution in [3.63, 3.8) is 0 Å². The molecule has 0 saturated heterocycles. The topological polar surface area (TPSA) is 145 Å². The number of furan rings is 2. The minimum Gasteiger partial charge on any atom is -0.463 e. The second-order valence-electron chi connectivity index (χ2n) is 8.79. The Hall–Kier alpha value is -5.71. The molecule has 0 aliphatic heterocycles. The van der Waals surface area contributed by atoms with Crippen molar-refractivity contribution in [3.05, 3.63) is 107 Å². The molecule has 4 heterocycles. The van der Waals surface area contributed by atoms with Gasteiger partial charge in [0.15, 0.2) is 17.6 Å². The number of rotatable bonds is 7. The number of para-hydroxylation sites is 1. The smallest absolute Gasteiger partial charge is 0.338 e. The lowest BCUT2D eigenvalue weighted by Crippen LogP contribution is -2.30. The molecular weight excluding hydrogens is 514 g/mol. The highest BCUT2D eigenvalue weighted by Gasteiger charge is 2.22. The van der Waals surface area contributed by atoms with Crippen molar-refractivity contribution in [3.8, 4) is 28.6 Å². The van der Waals surface area contributed by atoms with Crippen LogP contribution in [0.5, 0.6) is 0 Å². The summed E-state index contributed by atoms with van der Waals surface area (Å²) in [5, 5.41) is 5.39. The van der Waals surface area contributed by atoms with Crippen LogP contribution in [-0.2, 0) is 9.53 Å². The van der Waals surface area contributed by atoms with E-state index in [1.165, 1.54) is 30.0 Å². The number of anilines is 1. The summed E-state index contributed by atoms with van der Waals surface area (Å²) in [7, 11) is 0. The SMILES string of the molecule is CC(OC(=O)c1ccc2nc(-c3ccco3)c(-c3ccco3)nc2c1)C(=O)Nc1cc(=O)n(-c2ccccc2)[nH]1. The number of carbonyl (C=O) groups is 2. The zero-order valence-corrected chi connectivity index (χ0v) is 21.0. The van der Waals surface area contributed by atoms with Crippen LogP contribution in [0.1, 0.15) is 17.3 Å². The number of benzene rings is 2. The van der Waals surface area contributed by atoms with Crippen molar-refractivity contribution in [1.82, 2.24) is 19.7 Å². The number of aromatic nitrogens is 4. The van der Waals surface area contributed by atoms with Gasteiger partial charge in [-0.05, 0) is 61.5 Å². The highest BCUT2D eigenvalue weighted by atomic mass is 16.5. The Morgan fingerprint density at radius 1 is 0.875 bits per heavy atom. The largest absolute Gasteiger partial charge is 0.463 e. The van der Waals surface area contributed by atoms with Crippen LogP contribution >= 0.6 is 0 Å². The molecule has 11 heteroatoms. The van der Waals surface area contributed by atoms with Gasteiger partial charge in [0.2, 0.25) is 0 Å². The van der Waals surface area contributed by atoms with E-state index in [0.717, 1.165) is 0 Å². The van der Waals surface area contributed by atoms with Gasteiger partial charge in [0.1, 0.15) is 17.2 Å². The highest BCUT2D eigenvalue weighted by Crippen LogP contribution is 2.31. The van der Waals surface area contributed by atoms with Crippen molar-refractivity contribution in [2.45, 2.75) is 13.0 Å². The van der Waals surface area contributed by atoms with Crippen LogP contribution in [-0.4, -0.2) is 37.7 Å². The molecule has 1 atom stereocenters. The average Bonchev–Trinajstić information content (AvgIpc) is 3.75. The van der Waals surface area contributed by atoms with Crippen molar-refractivity contribution in [2.24, 2.45) is 0 Å². The van der Waals surface area contributed by atoms with E-state index in [1.54, 1.807) is 66.9 Å². The van der Waals surface area contributed by atoms with Gasteiger partial charge in [-0.3, -0.25) is 14.7 Å². The number of nitrogens with one attached hydrogen (secondary N) is 2. The van der Waals surface area contributed by atoms with Gasteiger partial charge in [0.05, 0.1) is 34.8 Å². The maximum absolute atomic E-state index is 12.9. The average molecular weight is 536 g/mol. The maximum Gasteiger partial charge on any atom is 0.338 e. The Morgan fingerprint density at radius 2 is 1.55 bits per heavy atom. The molecule has 40 heavy (non-hydrogen) atoms. The number of ether oxygens (including phenoxy) is 1. The number of nitrogens with zero attached hydrogens (tertiary/aromatic N) is 3. The number of hydrogen-bond donors (Lipinski definition) is 2. The summed E-state index contributed by atoms with van der Waals surface area (Å²) in [6, 6.07) is 21.9. The van der Waals surface area contributed by atoms with Gasteiger partial charge < -0.3 is 18.9 Å². The van der Waals surface area contributed by atoms with Crippen molar-refractivity contribution in [1.29, 1.82) is 0 Å². The third kappa shape index (κ3) is 4.78. The normalized spacial score (nSPS) is 11.8. The third-order valence-electron chi connectivity index (χ3n) is 6.05. The Balaban J connectivity index is 1.20. The molecule has 4 aromatic heterocycles. The third-order valence-corrected chi connectivity index (χ3v) is 6.05. The van der Waals surface area contributed by atoms with Crippen LogP contribution in [0.25, 0.3) is 39.6 Å². The molecular formula is C29H21N5O6. The number of aromatic amines is 1. The molecule has 0 aliphatic carbocycles. The van der Waals surface area contributed by atoms with Crippen LogP contribution in [0.3, 0.4) is 0 Å². The lowest BCUT2D eigenvalue weighted by Gasteiger charge is -2.13. The van der Waals surface area contributed by atoms with Crippen molar-refractivity contribution in [2.75, 3.05) is 5.32 Å². The molecule has 0 saturated carbocycles. The fourth-order valence-electron chi connectivity index (χ4n) is 4.10. The first-order chi connectivity index (χ1) is 19.5. The fraction of sp³-hybridized carbons (Fsp3) is 0.0690. The Bertz CT molecular complexity index is 1870. The van der Waals surface area contributed by atoms with E-state index >= 15 is 0 Å². The van der Waals surface area contributed by atoms with Crippen LogP contribution in [0, 0.1) is 0 Å². The summed E-state index contributed by atoms with van der Waals surface area (Å²) in [5.74, 6) is -0.168. The van der Waals surface area contributed by atoms with Crippen molar-refractivity contribution >= 4 is 28.7 Å². The van der Waals surface area contributed by atoms with Crippen LogP contribution in [0.4, 0.5) is 5.82 Å². The van der Waals surface area contributed by atoms with E-state index in [2.05, 4.69) is 20.4 Å². The van der Waals surface area contributed by atoms with E-state index in [4.69, 9.17) is 13.6 Å². The summed E-state index contributed by atoms with van der Waals surface area (Å²) < 4.78 is 17.8. The first-order valence-electron chi connectivity index (χ1n) is 12.2. The molecule has 6 aromatic rings. The summed E-state index contributed by atoms with van der Waals surface area (Å²) in [4.78, 5) is 47.3. The predicted molar refractivity (Wildman–Crippen MR) is 145 cm³/mol. The van der Waals surface area contributed by atoms with Crippen molar-refractivity contribution < 1.29 is 23.2 Å². The van der Waals surface area contributed by atoms with E-state index in [1.807, 2.05) is 6.07 Å². The number of hydrogen-bond acceptors (Lipinski definition) is 8. The van der Waals surface area contributed by atoms with E-state index in [0.29, 0.717) is 39.6 Å². The summed E-state index contributed by atoms with van der Waals surface area (Å²) in [5.41, 5.74) is 2.32. The number of carbonyl (C=O) groups excluding carboxylic acids is 2. The monoisotopic (exact) mass is 535 g/mol. The fourth-order valence-corrected chi connectivity index (χ4v) is 4.10. The minimum absolute atomic E-state index is 0.167. The van der Waals surface area contributed by atoms with Crippen LogP contribution in [0.2, 0.25) is 0 Å². The second kappa shape index (κ2) is 10.2.